The number of nitrogen functional groups attached to an aromatic ring is 1. The van der Waals surface area contributed by atoms with Crippen molar-refractivity contribution in [3.8, 4) is 0 Å². The van der Waals surface area contributed by atoms with E-state index in [0.717, 1.165) is 0 Å². The molecule has 0 saturated carbocycles. The summed E-state index contributed by atoms with van der Waals surface area (Å²) in [5.41, 5.74) is 0.998. The zero-order valence-electron chi connectivity index (χ0n) is 6.23. The third-order valence-electron chi connectivity index (χ3n) is 1.22. The molecule has 0 aliphatic heterocycles. The highest BCUT2D eigenvalue weighted by molar-refractivity contribution is 8.00. The Bertz CT molecular complexity index is 293. The van der Waals surface area contributed by atoms with Crippen molar-refractivity contribution in [2.45, 2.75) is 10.4 Å². The molecule has 0 bridgehead atoms. The number of nitrogens with two attached hydrogens (primary N) is 1. The lowest BCUT2D eigenvalue weighted by Gasteiger charge is -2.09. The van der Waals surface area contributed by atoms with Gasteiger partial charge in [-0.05, 0) is 23.9 Å². The van der Waals surface area contributed by atoms with E-state index in [-0.39, 0.29) is 27.4 Å². The maximum Gasteiger partial charge on any atom is 0.446 e. The van der Waals surface area contributed by atoms with Gasteiger partial charge in [-0.3, -0.25) is 0 Å². The quantitative estimate of drug-likeness (QED) is 0.587. The fourth-order valence-electron chi connectivity index (χ4n) is 0.749. The van der Waals surface area contributed by atoms with E-state index in [4.69, 9.17) is 17.3 Å². The summed E-state index contributed by atoms with van der Waals surface area (Å²) in [6.45, 7) is 0. The molecule has 1 aromatic carbocycles. The zero-order chi connectivity index (χ0) is 10.1. The molecule has 0 radical (unpaired) electrons. The first-order valence-corrected chi connectivity index (χ1v) is 4.39. The number of hydrogen-bond donors (Lipinski definition) is 1. The largest absolute Gasteiger partial charge is 0.446 e. The standard InChI is InChI=1S/C7H5ClF3NS/c8-4-2-1-3-5(12)6(4)13-7(9,10)11/h1-3H,12H2. The average Bonchev–Trinajstić information content (AvgIpc) is 1.95. The van der Waals surface area contributed by atoms with Crippen molar-refractivity contribution in [2.24, 2.45) is 0 Å². The molecule has 0 saturated heterocycles. The van der Waals surface area contributed by atoms with E-state index >= 15 is 0 Å². The van der Waals surface area contributed by atoms with Crippen LogP contribution in [0.2, 0.25) is 5.02 Å². The van der Waals surface area contributed by atoms with Crippen LogP contribution in [0.5, 0.6) is 0 Å². The molecule has 0 amide bonds. The van der Waals surface area contributed by atoms with Crippen molar-refractivity contribution in [3.63, 3.8) is 0 Å². The first kappa shape index (κ1) is 10.5. The van der Waals surface area contributed by atoms with Crippen LogP contribution in [0.15, 0.2) is 23.1 Å². The van der Waals surface area contributed by atoms with Gasteiger partial charge < -0.3 is 5.73 Å². The van der Waals surface area contributed by atoms with E-state index in [9.17, 15) is 13.2 Å². The second kappa shape index (κ2) is 3.67. The van der Waals surface area contributed by atoms with Crippen molar-refractivity contribution in [3.05, 3.63) is 23.2 Å². The smallest absolute Gasteiger partial charge is 0.398 e. The first-order chi connectivity index (χ1) is 5.90. The second-order valence-corrected chi connectivity index (χ2v) is 3.69. The van der Waals surface area contributed by atoms with Gasteiger partial charge in [-0.25, -0.2) is 0 Å². The predicted octanol–water partition coefficient (Wildman–Crippen LogP) is 3.53. The van der Waals surface area contributed by atoms with Crippen LogP contribution in [0.25, 0.3) is 0 Å². The molecule has 0 spiro atoms. The van der Waals surface area contributed by atoms with E-state index in [0.29, 0.717) is 0 Å². The van der Waals surface area contributed by atoms with Crippen molar-refractivity contribution in [2.75, 3.05) is 5.73 Å². The minimum Gasteiger partial charge on any atom is -0.398 e. The number of thioether (sulfide) groups is 1. The highest BCUT2D eigenvalue weighted by Crippen LogP contribution is 2.42. The second-order valence-electron chi connectivity index (χ2n) is 2.21. The van der Waals surface area contributed by atoms with Crippen LogP contribution >= 0.6 is 23.4 Å². The third kappa shape index (κ3) is 3.00. The minimum atomic E-state index is -4.36. The summed E-state index contributed by atoms with van der Waals surface area (Å²) in [4.78, 5) is -0.142. The zero-order valence-corrected chi connectivity index (χ0v) is 7.80. The molecular weight excluding hydrogens is 223 g/mol. The van der Waals surface area contributed by atoms with Crippen LogP contribution in [0.1, 0.15) is 0 Å². The van der Waals surface area contributed by atoms with E-state index in [1.165, 1.54) is 18.2 Å². The van der Waals surface area contributed by atoms with Crippen LogP contribution in [0.4, 0.5) is 18.9 Å². The Labute approximate surface area is 82.1 Å². The molecule has 1 nitrogen and oxygen atoms in total. The highest BCUT2D eigenvalue weighted by atomic mass is 35.5. The van der Waals surface area contributed by atoms with Gasteiger partial charge in [-0.15, -0.1) is 0 Å². The average molecular weight is 228 g/mol. The normalized spacial score (nSPS) is 11.7. The van der Waals surface area contributed by atoms with Gasteiger partial charge in [0.15, 0.2) is 0 Å². The Balaban J connectivity index is 3.00. The monoisotopic (exact) mass is 227 g/mol. The molecule has 13 heavy (non-hydrogen) atoms. The van der Waals surface area contributed by atoms with Gasteiger partial charge in [-0.1, -0.05) is 17.7 Å². The van der Waals surface area contributed by atoms with E-state index in [1.807, 2.05) is 0 Å². The van der Waals surface area contributed by atoms with Crippen molar-refractivity contribution < 1.29 is 13.2 Å². The Morgan fingerprint density at radius 1 is 1.31 bits per heavy atom. The molecule has 1 rings (SSSR count). The molecule has 0 atom stereocenters. The summed E-state index contributed by atoms with van der Waals surface area (Å²) in [6.07, 6.45) is 0. The topological polar surface area (TPSA) is 26.0 Å². The number of benzene rings is 1. The molecule has 0 heterocycles. The lowest BCUT2D eigenvalue weighted by atomic mass is 10.3. The summed E-state index contributed by atoms with van der Waals surface area (Å²) in [7, 11) is 0. The molecule has 0 unspecified atom stereocenters. The lowest BCUT2D eigenvalue weighted by Crippen LogP contribution is -2.01. The Kier molecular flexibility index (Phi) is 2.98. The van der Waals surface area contributed by atoms with Crippen molar-refractivity contribution in [1.29, 1.82) is 0 Å². The van der Waals surface area contributed by atoms with Gasteiger partial charge in [0.25, 0.3) is 0 Å². The van der Waals surface area contributed by atoms with Crippen molar-refractivity contribution >= 4 is 29.1 Å². The molecule has 72 valence electrons. The SMILES string of the molecule is Nc1cccc(Cl)c1SC(F)(F)F. The number of rotatable bonds is 1. The molecule has 2 N–H and O–H groups in total. The van der Waals surface area contributed by atoms with E-state index in [1.54, 1.807) is 0 Å². The van der Waals surface area contributed by atoms with Gasteiger partial charge in [0.2, 0.25) is 0 Å². The van der Waals surface area contributed by atoms with Crippen LogP contribution in [0, 0.1) is 0 Å². The van der Waals surface area contributed by atoms with E-state index < -0.39 is 5.51 Å². The molecule has 0 aliphatic carbocycles. The maximum atomic E-state index is 12.0. The lowest BCUT2D eigenvalue weighted by molar-refractivity contribution is -0.0327. The van der Waals surface area contributed by atoms with Crippen LogP contribution < -0.4 is 5.73 Å². The van der Waals surface area contributed by atoms with Gasteiger partial charge in [0.05, 0.1) is 9.92 Å². The minimum absolute atomic E-state index is 0.0160. The predicted molar refractivity (Wildman–Crippen MR) is 47.8 cm³/mol. The Hall–Kier alpha value is -0.550. The first-order valence-electron chi connectivity index (χ1n) is 3.20. The molecular formula is C7H5ClF3NS. The summed E-state index contributed by atoms with van der Waals surface area (Å²) < 4.78 is 35.9. The van der Waals surface area contributed by atoms with Crippen LogP contribution in [0.3, 0.4) is 0 Å². The van der Waals surface area contributed by atoms with Gasteiger partial charge in [-0.2, -0.15) is 13.2 Å². The van der Waals surface area contributed by atoms with Crippen LogP contribution in [-0.2, 0) is 0 Å². The fraction of sp³-hybridized carbons (Fsp3) is 0.143. The molecule has 0 fully saturated rings. The summed E-state index contributed by atoms with van der Waals surface area (Å²) in [5.74, 6) is 0. The Morgan fingerprint density at radius 3 is 2.38 bits per heavy atom. The number of halogens is 4. The number of alkyl halides is 3. The van der Waals surface area contributed by atoms with Gasteiger partial charge >= 0.3 is 5.51 Å². The summed E-state index contributed by atoms with van der Waals surface area (Å²) in [6, 6.07) is 4.24. The fourth-order valence-corrected chi connectivity index (χ4v) is 1.63. The molecule has 6 heteroatoms. The van der Waals surface area contributed by atoms with Crippen molar-refractivity contribution in [1.82, 2.24) is 0 Å². The molecule has 0 aromatic heterocycles. The van der Waals surface area contributed by atoms with E-state index in [2.05, 4.69) is 0 Å². The maximum absolute atomic E-state index is 12.0. The van der Waals surface area contributed by atoms with Gasteiger partial charge in [0.1, 0.15) is 0 Å². The summed E-state index contributed by atoms with van der Waals surface area (Å²) >= 11 is 5.23. The summed E-state index contributed by atoms with van der Waals surface area (Å²) in [5, 5.41) is 0.0160. The Morgan fingerprint density at radius 2 is 1.92 bits per heavy atom. The molecule has 1 aromatic rings. The number of hydrogen-bond acceptors (Lipinski definition) is 2. The van der Waals surface area contributed by atoms with Gasteiger partial charge in [0, 0.05) is 5.69 Å². The third-order valence-corrected chi connectivity index (χ3v) is 2.53. The molecule has 0 aliphatic rings. The van der Waals surface area contributed by atoms with Crippen LogP contribution in [-0.4, -0.2) is 5.51 Å². The highest BCUT2D eigenvalue weighted by Gasteiger charge is 2.31. The number of anilines is 1.